The first-order valence-corrected chi connectivity index (χ1v) is 16.0. The van der Waals surface area contributed by atoms with Crippen LogP contribution in [0.4, 0.5) is 23.7 Å². The Bertz CT molecular complexity index is 1800. The molecule has 238 valence electrons. The van der Waals surface area contributed by atoms with Crippen LogP contribution in [-0.4, -0.2) is 44.6 Å². The van der Waals surface area contributed by atoms with E-state index in [4.69, 9.17) is 0 Å². The molecule has 0 saturated carbocycles. The number of anilines is 1. The van der Waals surface area contributed by atoms with Crippen LogP contribution < -0.4 is 15.0 Å². The lowest BCUT2D eigenvalue weighted by atomic mass is 9.99. The number of benzene rings is 3. The van der Waals surface area contributed by atoms with Gasteiger partial charge in [-0.1, -0.05) is 62.0 Å². The molecule has 46 heavy (non-hydrogen) atoms. The number of urea groups is 1. The number of ether oxygens (including phenoxy) is 1. The lowest BCUT2D eigenvalue weighted by Crippen LogP contribution is -2.28. The summed E-state index contributed by atoms with van der Waals surface area (Å²) in [5.41, 5.74) is 7.81. The summed E-state index contributed by atoms with van der Waals surface area (Å²) >= 11 is 1.60. The molecular weight excluding hydrogens is 613 g/mol. The minimum absolute atomic E-state index is 0.307. The van der Waals surface area contributed by atoms with Gasteiger partial charge >= 0.3 is 12.4 Å². The van der Waals surface area contributed by atoms with Gasteiger partial charge in [-0.3, -0.25) is 0 Å². The van der Waals surface area contributed by atoms with Crippen molar-refractivity contribution in [2.45, 2.75) is 52.3 Å². The number of nitrogens with one attached hydrogen (secondary N) is 1. The highest BCUT2D eigenvalue weighted by molar-refractivity contribution is 8.14. The van der Waals surface area contributed by atoms with E-state index in [2.05, 4.69) is 69.0 Å². The highest BCUT2D eigenvalue weighted by atomic mass is 32.2. The van der Waals surface area contributed by atoms with Gasteiger partial charge in [0.2, 0.25) is 0 Å². The van der Waals surface area contributed by atoms with Crippen molar-refractivity contribution < 1.29 is 22.7 Å². The number of halogens is 3. The molecule has 3 aromatic carbocycles. The number of amides is 2. The number of alkyl halides is 3. The number of aliphatic imine (C=N–C) groups is 1. The summed E-state index contributed by atoms with van der Waals surface area (Å²) in [6.45, 7) is 7.23. The fourth-order valence-electron chi connectivity index (χ4n) is 5.68. The Hall–Kier alpha value is -4.58. The molecule has 1 fully saturated rings. The number of carbonyl (C=O) groups excluding carboxylic acids is 1. The fraction of sp³-hybridized carbons (Fsp3) is 0.294. The summed E-state index contributed by atoms with van der Waals surface area (Å²) in [6, 6.07) is 19.3. The summed E-state index contributed by atoms with van der Waals surface area (Å²) in [6.07, 6.45) is -0.708. The van der Waals surface area contributed by atoms with Crippen LogP contribution in [0.15, 0.2) is 83.7 Å². The van der Waals surface area contributed by atoms with Crippen LogP contribution in [0.5, 0.6) is 5.75 Å². The van der Waals surface area contributed by atoms with Gasteiger partial charge < -0.3 is 15.0 Å². The zero-order chi connectivity index (χ0) is 32.4. The van der Waals surface area contributed by atoms with Gasteiger partial charge in [0.05, 0.1) is 5.69 Å². The Morgan fingerprint density at radius 1 is 1.02 bits per heavy atom. The molecule has 0 spiro atoms. The molecule has 1 N–H and O–H groups in total. The Kier molecular flexibility index (Phi) is 8.90. The van der Waals surface area contributed by atoms with Gasteiger partial charge in [-0.25, -0.2) is 14.5 Å². The molecule has 2 aliphatic rings. The second-order valence-corrected chi connectivity index (χ2v) is 12.5. The van der Waals surface area contributed by atoms with Gasteiger partial charge in [0, 0.05) is 29.2 Å². The number of aryl methyl sites for hydroxylation is 1. The molecule has 0 unspecified atom stereocenters. The maximum atomic E-state index is 13.2. The molecular formula is C34H33F3N6O2S. The number of allylic oxidation sites excluding steroid dienone is 2. The van der Waals surface area contributed by atoms with Crippen LogP contribution in [-0.2, 0) is 0 Å². The molecule has 4 aromatic rings. The average Bonchev–Trinajstić information content (AvgIpc) is 3.78. The largest absolute Gasteiger partial charge is 0.573 e. The third kappa shape index (κ3) is 7.12. The number of hydrogen-bond donors (Lipinski definition) is 1. The zero-order valence-corrected chi connectivity index (χ0v) is 26.5. The monoisotopic (exact) mass is 646 g/mol. The van der Waals surface area contributed by atoms with Crippen molar-refractivity contribution in [1.82, 2.24) is 20.1 Å². The van der Waals surface area contributed by atoms with E-state index >= 15 is 0 Å². The van der Waals surface area contributed by atoms with Crippen molar-refractivity contribution in [3.05, 3.63) is 95.4 Å². The SMILES string of the molecule is Cc1ccc(C(C)C)c(N2CCS/C2=N\C(=O)NC2=C(c3ccc(-c4ncn(-c5ccc(OC(F)(F)F)cc5)n4)cc3)CCC2)c1. The Labute approximate surface area is 269 Å². The number of amidine groups is 1. The van der Waals surface area contributed by atoms with Gasteiger partial charge in [0.15, 0.2) is 11.0 Å². The summed E-state index contributed by atoms with van der Waals surface area (Å²) in [5, 5.41) is 8.27. The number of carbonyl (C=O) groups is 1. The average molecular weight is 647 g/mol. The topological polar surface area (TPSA) is 84.6 Å². The molecule has 1 aliphatic heterocycles. The Morgan fingerprint density at radius 2 is 1.76 bits per heavy atom. The van der Waals surface area contributed by atoms with Crippen LogP contribution in [0.2, 0.25) is 0 Å². The maximum absolute atomic E-state index is 13.2. The second-order valence-electron chi connectivity index (χ2n) is 11.5. The molecule has 1 aromatic heterocycles. The van der Waals surface area contributed by atoms with Crippen LogP contribution >= 0.6 is 11.8 Å². The van der Waals surface area contributed by atoms with Crippen molar-refractivity contribution in [1.29, 1.82) is 0 Å². The van der Waals surface area contributed by atoms with Crippen molar-refractivity contribution >= 4 is 34.2 Å². The molecule has 0 radical (unpaired) electrons. The van der Waals surface area contributed by atoms with E-state index in [1.807, 2.05) is 24.3 Å². The molecule has 12 heteroatoms. The lowest BCUT2D eigenvalue weighted by Gasteiger charge is -2.23. The van der Waals surface area contributed by atoms with Gasteiger partial charge in [-0.15, -0.1) is 18.3 Å². The first kappa shape index (κ1) is 31.4. The van der Waals surface area contributed by atoms with Gasteiger partial charge in [0.1, 0.15) is 12.1 Å². The Balaban J connectivity index is 1.15. The van der Waals surface area contributed by atoms with Crippen molar-refractivity contribution in [3.63, 3.8) is 0 Å². The second kappa shape index (κ2) is 13.0. The van der Waals surface area contributed by atoms with E-state index in [9.17, 15) is 18.0 Å². The predicted molar refractivity (Wildman–Crippen MR) is 175 cm³/mol. The summed E-state index contributed by atoms with van der Waals surface area (Å²) in [4.78, 5) is 24.2. The number of thioether (sulfide) groups is 1. The van der Waals surface area contributed by atoms with E-state index in [0.717, 1.165) is 59.6 Å². The van der Waals surface area contributed by atoms with E-state index in [0.29, 0.717) is 22.6 Å². The number of aromatic nitrogens is 3. The quantitative estimate of drug-likeness (QED) is 0.217. The summed E-state index contributed by atoms with van der Waals surface area (Å²) in [7, 11) is 0. The first-order chi connectivity index (χ1) is 22.0. The lowest BCUT2D eigenvalue weighted by molar-refractivity contribution is -0.274. The van der Waals surface area contributed by atoms with Crippen molar-refractivity contribution in [2.24, 2.45) is 4.99 Å². The molecule has 0 atom stereocenters. The molecule has 0 bridgehead atoms. The smallest absolute Gasteiger partial charge is 0.406 e. The molecule has 6 rings (SSSR count). The third-order valence-corrected chi connectivity index (χ3v) is 8.82. The van der Waals surface area contributed by atoms with E-state index in [1.165, 1.54) is 46.4 Å². The Morgan fingerprint density at radius 3 is 2.48 bits per heavy atom. The van der Waals surface area contributed by atoms with Crippen LogP contribution in [0.1, 0.15) is 55.7 Å². The van der Waals surface area contributed by atoms with E-state index < -0.39 is 6.36 Å². The molecule has 1 aliphatic carbocycles. The number of nitrogens with zero attached hydrogens (tertiary/aromatic N) is 5. The highest BCUT2D eigenvalue weighted by Gasteiger charge is 2.31. The zero-order valence-electron chi connectivity index (χ0n) is 25.6. The minimum atomic E-state index is -4.75. The summed E-state index contributed by atoms with van der Waals surface area (Å²) in [5.74, 6) is 1.38. The van der Waals surface area contributed by atoms with Crippen molar-refractivity contribution in [2.75, 3.05) is 17.2 Å². The maximum Gasteiger partial charge on any atom is 0.573 e. The van der Waals surface area contributed by atoms with Crippen LogP contribution in [0.25, 0.3) is 22.6 Å². The number of hydrogen-bond acceptors (Lipinski definition) is 5. The summed E-state index contributed by atoms with van der Waals surface area (Å²) < 4.78 is 42.8. The van der Waals surface area contributed by atoms with Crippen LogP contribution in [0, 0.1) is 6.92 Å². The van der Waals surface area contributed by atoms with E-state index in [-0.39, 0.29) is 11.8 Å². The molecule has 1 saturated heterocycles. The van der Waals surface area contributed by atoms with Crippen LogP contribution in [0.3, 0.4) is 0 Å². The third-order valence-electron chi connectivity index (χ3n) is 7.87. The molecule has 8 nitrogen and oxygen atoms in total. The van der Waals surface area contributed by atoms with Crippen molar-refractivity contribution in [3.8, 4) is 22.8 Å². The molecule has 2 amide bonds. The molecule has 2 heterocycles. The minimum Gasteiger partial charge on any atom is -0.406 e. The van der Waals surface area contributed by atoms with Gasteiger partial charge in [-0.2, -0.15) is 4.99 Å². The first-order valence-electron chi connectivity index (χ1n) is 15.1. The van der Waals surface area contributed by atoms with Gasteiger partial charge in [0.25, 0.3) is 0 Å². The fourth-order valence-corrected chi connectivity index (χ4v) is 6.63. The predicted octanol–water partition coefficient (Wildman–Crippen LogP) is 8.48. The normalized spacial score (nSPS) is 16.2. The van der Waals surface area contributed by atoms with Gasteiger partial charge in [-0.05, 0) is 84.7 Å². The van der Waals surface area contributed by atoms with E-state index in [1.54, 1.807) is 11.8 Å². The highest BCUT2D eigenvalue weighted by Crippen LogP contribution is 2.35. The standard InChI is InChI=1S/C34H33F3N6O2S/c1-21(2)27-16-7-22(3)19-30(27)42-17-18-46-33(42)40-32(44)39-29-6-4-5-28(29)23-8-10-24(11-9-23)31-38-20-43(41-31)25-12-14-26(15-13-25)45-34(35,36)37/h7-16,19-21H,4-6,17-18H2,1-3H3,(H,39,44)/b40-33-. The number of rotatable bonds is 7.